The van der Waals surface area contributed by atoms with Crippen molar-refractivity contribution in [1.82, 2.24) is 0 Å². The third-order valence-corrected chi connectivity index (χ3v) is 4.57. The van der Waals surface area contributed by atoms with Crippen LogP contribution >= 0.6 is 0 Å². The number of hydrogen-bond acceptors (Lipinski definition) is 4. The standard InChI is InChI=1S/C25H22N2O4/c1-17(18-8-4-3-5-9-18)16-23(28)26-20-14-12-19(13-15-20)24(29)27-22-11-7-6-10-21(22)25(30)31-2/h3-16H,1-2H3,(H,26,28)(H,27,29). The van der Waals surface area contributed by atoms with Crippen LogP contribution in [-0.4, -0.2) is 24.9 Å². The van der Waals surface area contributed by atoms with Gasteiger partial charge in [0.15, 0.2) is 0 Å². The summed E-state index contributed by atoms with van der Waals surface area (Å²) in [5.41, 5.74) is 3.39. The number of allylic oxidation sites excluding steroid dienone is 1. The van der Waals surface area contributed by atoms with E-state index in [0.29, 0.717) is 16.9 Å². The number of hydrogen-bond donors (Lipinski definition) is 2. The third-order valence-electron chi connectivity index (χ3n) is 4.57. The zero-order valence-corrected chi connectivity index (χ0v) is 17.2. The number of anilines is 2. The van der Waals surface area contributed by atoms with Crippen LogP contribution in [0.25, 0.3) is 5.57 Å². The van der Waals surface area contributed by atoms with Crippen molar-refractivity contribution in [3.05, 3.63) is 102 Å². The van der Waals surface area contributed by atoms with Gasteiger partial charge in [-0.3, -0.25) is 9.59 Å². The molecule has 0 radical (unpaired) electrons. The molecule has 156 valence electrons. The molecule has 0 aliphatic rings. The van der Waals surface area contributed by atoms with Gasteiger partial charge in [-0.2, -0.15) is 0 Å². The van der Waals surface area contributed by atoms with Gasteiger partial charge in [0.2, 0.25) is 5.91 Å². The van der Waals surface area contributed by atoms with E-state index in [0.717, 1.165) is 11.1 Å². The van der Waals surface area contributed by atoms with Gasteiger partial charge in [0.05, 0.1) is 18.4 Å². The van der Waals surface area contributed by atoms with Crippen molar-refractivity contribution in [2.45, 2.75) is 6.92 Å². The van der Waals surface area contributed by atoms with Crippen LogP contribution in [0.5, 0.6) is 0 Å². The Hall–Kier alpha value is -4.19. The van der Waals surface area contributed by atoms with Gasteiger partial charge in [-0.1, -0.05) is 42.5 Å². The number of methoxy groups -OCH3 is 1. The predicted molar refractivity (Wildman–Crippen MR) is 121 cm³/mol. The molecule has 0 fully saturated rings. The Bertz CT molecular complexity index is 1120. The van der Waals surface area contributed by atoms with Crippen LogP contribution in [0.3, 0.4) is 0 Å². The van der Waals surface area contributed by atoms with Crippen LogP contribution < -0.4 is 10.6 Å². The largest absolute Gasteiger partial charge is 0.465 e. The highest BCUT2D eigenvalue weighted by Crippen LogP contribution is 2.18. The quantitative estimate of drug-likeness (QED) is 0.450. The van der Waals surface area contributed by atoms with Crippen LogP contribution in [0.2, 0.25) is 0 Å². The van der Waals surface area contributed by atoms with Crippen LogP contribution in [0.15, 0.2) is 84.9 Å². The molecule has 0 aliphatic heterocycles. The molecule has 3 rings (SSSR count). The normalized spacial score (nSPS) is 10.8. The first kappa shape index (κ1) is 21.5. The molecule has 3 aromatic rings. The molecule has 0 unspecified atom stereocenters. The van der Waals surface area contributed by atoms with E-state index in [-0.39, 0.29) is 17.4 Å². The second-order valence-corrected chi connectivity index (χ2v) is 6.75. The van der Waals surface area contributed by atoms with Gasteiger partial charge in [-0.15, -0.1) is 0 Å². The summed E-state index contributed by atoms with van der Waals surface area (Å²) in [6.45, 7) is 1.87. The second kappa shape index (κ2) is 10.0. The summed E-state index contributed by atoms with van der Waals surface area (Å²) in [5.74, 6) is -1.17. The van der Waals surface area contributed by atoms with Crippen molar-refractivity contribution < 1.29 is 19.1 Å². The van der Waals surface area contributed by atoms with E-state index in [2.05, 4.69) is 10.6 Å². The summed E-state index contributed by atoms with van der Waals surface area (Å²) in [6.07, 6.45) is 1.53. The number of rotatable bonds is 6. The lowest BCUT2D eigenvalue weighted by Gasteiger charge is -2.10. The van der Waals surface area contributed by atoms with Crippen molar-refractivity contribution >= 4 is 34.7 Å². The van der Waals surface area contributed by atoms with E-state index < -0.39 is 5.97 Å². The van der Waals surface area contributed by atoms with Crippen LogP contribution in [0, 0.1) is 0 Å². The molecule has 6 heteroatoms. The van der Waals surface area contributed by atoms with Gasteiger partial charge in [0.25, 0.3) is 5.91 Å². The number of amides is 2. The molecule has 3 aromatic carbocycles. The van der Waals surface area contributed by atoms with Gasteiger partial charge in [-0.05, 0) is 54.5 Å². The lowest BCUT2D eigenvalue weighted by atomic mass is 10.1. The maximum Gasteiger partial charge on any atom is 0.339 e. The van der Waals surface area contributed by atoms with Gasteiger partial charge in [-0.25, -0.2) is 4.79 Å². The maximum absolute atomic E-state index is 12.6. The highest BCUT2D eigenvalue weighted by atomic mass is 16.5. The topological polar surface area (TPSA) is 84.5 Å². The molecular formula is C25H22N2O4. The molecule has 6 nitrogen and oxygen atoms in total. The highest BCUT2D eigenvalue weighted by Gasteiger charge is 2.14. The Labute approximate surface area is 180 Å². The molecule has 0 saturated heterocycles. The number of carbonyl (C=O) groups excluding carboxylic acids is 3. The number of nitrogens with one attached hydrogen (secondary N) is 2. The van der Waals surface area contributed by atoms with Crippen molar-refractivity contribution in [3.63, 3.8) is 0 Å². The number of carbonyl (C=O) groups is 3. The number of esters is 1. The third kappa shape index (κ3) is 5.67. The molecule has 0 heterocycles. The van der Waals surface area contributed by atoms with E-state index >= 15 is 0 Å². The van der Waals surface area contributed by atoms with E-state index in [4.69, 9.17) is 4.74 Å². The summed E-state index contributed by atoms with van der Waals surface area (Å²) in [6, 6.07) is 22.7. The molecule has 0 aliphatic carbocycles. The Kier molecular flexibility index (Phi) is 6.96. The van der Waals surface area contributed by atoms with Crippen LogP contribution in [0.4, 0.5) is 11.4 Å². The summed E-state index contributed by atoms with van der Waals surface area (Å²) in [4.78, 5) is 36.7. The zero-order chi connectivity index (χ0) is 22.2. The molecule has 0 bridgehead atoms. The highest BCUT2D eigenvalue weighted by molar-refractivity contribution is 6.08. The molecule has 31 heavy (non-hydrogen) atoms. The average molecular weight is 414 g/mol. The fraction of sp³-hybridized carbons (Fsp3) is 0.0800. The first-order valence-corrected chi connectivity index (χ1v) is 9.61. The minimum absolute atomic E-state index is 0.259. The van der Waals surface area contributed by atoms with E-state index in [9.17, 15) is 14.4 Å². The maximum atomic E-state index is 12.6. The fourth-order valence-electron chi connectivity index (χ4n) is 2.94. The predicted octanol–water partition coefficient (Wildman–Crippen LogP) is 4.77. The molecular weight excluding hydrogens is 392 g/mol. The van der Waals surface area contributed by atoms with E-state index in [1.54, 1.807) is 48.5 Å². The zero-order valence-electron chi connectivity index (χ0n) is 17.2. The number of benzene rings is 3. The fourth-order valence-corrected chi connectivity index (χ4v) is 2.94. The lowest BCUT2D eigenvalue weighted by Crippen LogP contribution is -2.15. The summed E-state index contributed by atoms with van der Waals surface area (Å²) in [5, 5.41) is 5.49. The Morgan fingerprint density at radius 2 is 1.42 bits per heavy atom. The van der Waals surface area contributed by atoms with Crippen LogP contribution in [0.1, 0.15) is 33.2 Å². The van der Waals surface area contributed by atoms with Gasteiger partial charge in [0.1, 0.15) is 0 Å². The van der Waals surface area contributed by atoms with E-state index in [1.165, 1.54) is 13.2 Å². The molecule has 0 aromatic heterocycles. The van der Waals surface area contributed by atoms with Crippen molar-refractivity contribution in [2.24, 2.45) is 0 Å². The first-order valence-electron chi connectivity index (χ1n) is 9.61. The smallest absolute Gasteiger partial charge is 0.339 e. The monoisotopic (exact) mass is 414 g/mol. The Balaban J connectivity index is 1.66. The number of ether oxygens (including phenoxy) is 1. The molecule has 0 atom stereocenters. The van der Waals surface area contributed by atoms with Gasteiger partial charge >= 0.3 is 5.97 Å². The van der Waals surface area contributed by atoms with Gasteiger partial charge < -0.3 is 15.4 Å². The summed E-state index contributed by atoms with van der Waals surface area (Å²) < 4.78 is 4.74. The average Bonchev–Trinajstić information content (AvgIpc) is 2.79. The number of para-hydroxylation sites is 1. The molecule has 2 amide bonds. The molecule has 0 saturated carbocycles. The minimum atomic E-state index is -0.534. The van der Waals surface area contributed by atoms with E-state index in [1.807, 2.05) is 37.3 Å². The first-order chi connectivity index (χ1) is 15.0. The van der Waals surface area contributed by atoms with Crippen molar-refractivity contribution in [3.8, 4) is 0 Å². The summed E-state index contributed by atoms with van der Waals surface area (Å²) in [7, 11) is 1.28. The Morgan fingerprint density at radius 1 is 0.774 bits per heavy atom. The Morgan fingerprint density at radius 3 is 2.10 bits per heavy atom. The minimum Gasteiger partial charge on any atom is -0.465 e. The van der Waals surface area contributed by atoms with Crippen molar-refractivity contribution in [1.29, 1.82) is 0 Å². The van der Waals surface area contributed by atoms with Crippen molar-refractivity contribution in [2.75, 3.05) is 17.7 Å². The van der Waals surface area contributed by atoms with Crippen LogP contribution in [-0.2, 0) is 9.53 Å². The van der Waals surface area contributed by atoms with Gasteiger partial charge in [0, 0.05) is 17.3 Å². The SMILES string of the molecule is COC(=O)c1ccccc1NC(=O)c1ccc(NC(=O)C=C(C)c2ccccc2)cc1. The summed E-state index contributed by atoms with van der Waals surface area (Å²) >= 11 is 0. The molecule has 2 N–H and O–H groups in total. The molecule has 0 spiro atoms. The lowest BCUT2D eigenvalue weighted by molar-refractivity contribution is -0.111. The second-order valence-electron chi connectivity index (χ2n) is 6.75.